The monoisotopic (exact) mass is 297 g/mol. The molecule has 5 heteroatoms. The van der Waals surface area contributed by atoms with Gasteiger partial charge in [-0.25, -0.2) is 0 Å². The Labute approximate surface area is 121 Å². The Morgan fingerprint density at radius 3 is 2.79 bits per heavy atom. The van der Waals surface area contributed by atoms with Crippen molar-refractivity contribution in [1.29, 1.82) is 0 Å². The number of aliphatic hydroxyl groups excluding tert-OH is 1. The van der Waals surface area contributed by atoms with Gasteiger partial charge in [0.25, 0.3) is 0 Å². The first kappa shape index (κ1) is 13.2. The lowest BCUT2D eigenvalue weighted by Crippen LogP contribution is -2.30. The molecule has 2 N–H and O–H groups in total. The molecule has 19 heavy (non-hydrogen) atoms. The predicted molar refractivity (Wildman–Crippen MR) is 76.6 cm³/mol. The molecular formula is C14H16ClNO2S. The lowest BCUT2D eigenvalue weighted by molar-refractivity contribution is 0.204. The third-order valence-electron chi connectivity index (χ3n) is 3.68. The van der Waals surface area contributed by atoms with E-state index in [-0.39, 0.29) is 18.1 Å². The van der Waals surface area contributed by atoms with Crippen molar-refractivity contribution in [2.75, 3.05) is 13.2 Å². The molecule has 2 aromatic heterocycles. The highest BCUT2D eigenvalue weighted by Gasteiger charge is 2.42. The van der Waals surface area contributed by atoms with Gasteiger partial charge in [0, 0.05) is 23.4 Å². The fraction of sp³-hybridized carbons (Fsp3) is 0.429. The van der Waals surface area contributed by atoms with Crippen LogP contribution in [0.1, 0.15) is 29.5 Å². The average molecular weight is 298 g/mol. The Hall–Kier alpha value is -0.810. The van der Waals surface area contributed by atoms with Gasteiger partial charge in [0.2, 0.25) is 0 Å². The molecule has 1 unspecified atom stereocenters. The Kier molecular flexibility index (Phi) is 3.67. The molecule has 3 rings (SSSR count). The van der Waals surface area contributed by atoms with E-state index >= 15 is 0 Å². The Bertz CT molecular complexity index is 533. The first-order chi connectivity index (χ1) is 9.22. The zero-order valence-electron chi connectivity index (χ0n) is 10.4. The largest absolute Gasteiger partial charge is 0.467 e. The summed E-state index contributed by atoms with van der Waals surface area (Å²) >= 11 is 7.57. The van der Waals surface area contributed by atoms with Gasteiger partial charge in [0.05, 0.1) is 10.6 Å². The number of furan rings is 1. The molecule has 1 fully saturated rings. The van der Waals surface area contributed by atoms with Crippen molar-refractivity contribution < 1.29 is 9.52 Å². The minimum atomic E-state index is 0.0107. The van der Waals surface area contributed by atoms with Crippen LogP contribution in [0.4, 0.5) is 0 Å². The molecule has 1 atom stereocenters. The summed E-state index contributed by atoms with van der Waals surface area (Å²) in [5, 5.41) is 12.9. The summed E-state index contributed by atoms with van der Waals surface area (Å²) < 4.78 is 6.29. The third-order valence-corrected chi connectivity index (χ3v) is 4.98. The summed E-state index contributed by atoms with van der Waals surface area (Å²) in [5.41, 5.74) is 0.0753. The first-order valence-electron chi connectivity index (χ1n) is 6.35. The van der Waals surface area contributed by atoms with Crippen molar-refractivity contribution in [3.63, 3.8) is 0 Å². The fourth-order valence-electron chi connectivity index (χ4n) is 2.17. The standard InChI is InChI=1S/C14H16ClNO2S/c15-12-4-3-11(19-12)13(10-2-1-7-18-10)16-8-14(9-17)5-6-14/h1-4,7,13,16-17H,5-6,8-9H2. The van der Waals surface area contributed by atoms with Crippen LogP contribution in [0.15, 0.2) is 34.9 Å². The van der Waals surface area contributed by atoms with E-state index in [0.29, 0.717) is 0 Å². The SMILES string of the molecule is OCC1(CNC(c2ccco2)c2ccc(Cl)s2)CC1. The number of aliphatic hydroxyl groups is 1. The molecule has 2 heterocycles. The number of nitrogens with one attached hydrogen (secondary N) is 1. The molecule has 0 aromatic carbocycles. The van der Waals surface area contributed by atoms with E-state index in [4.69, 9.17) is 16.0 Å². The van der Waals surface area contributed by atoms with Crippen molar-refractivity contribution >= 4 is 22.9 Å². The van der Waals surface area contributed by atoms with E-state index in [9.17, 15) is 5.11 Å². The van der Waals surface area contributed by atoms with E-state index in [2.05, 4.69) is 5.32 Å². The summed E-state index contributed by atoms with van der Waals surface area (Å²) in [5.74, 6) is 0.882. The van der Waals surface area contributed by atoms with Crippen LogP contribution in [-0.4, -0.2) is 18.3 Å². The highest BCUT2D eigenvalue weighted by Crippen LogP contribution is 2.45. The van der Waals surface area contributed by atoms with Crippen LogP contribution >= 0.6 is 22.9 Å². The second-order valence-electron chi connectivity index (χ2n) is 5.13. The highest BCUT2D eigenvalue weighted by atomic mass is 35.5. The van der Waals surface area contributed by atoms with Gasteiger partial charge in [-0.1, -0.05) is 11.6 Å². The second kappa shape index (κ2) is 5.29. The molecule has 0 aliphatic heterocycles. The van der Waals surface area contributed by atoms with Gasteiger partial charge in [-0.05, 0) is 37.1 Å². The van der Waals surface area contributed by atoms with E-state index in [1.165, 1.54) is 0 Å². The molecule has 0 bridgehead atoms. The second-order valence-corrected chi connectivity index (χ2v) is 6.88. The summed E-state index contributed by atoms with van der Waals surface area (Å²) in [6, 6.07) is 7.78. The van der Waals surface area contributed by atoms with Gasteiger partial charge in [0.1, 0.15) is 11.8 Å². The maximum atomic E-state index is 9.39. The summed E-state index contributed by atoms with van der Waals surface area (Å²) in [7, 11) is 0. The molecule has 3 nitrogen and oxygen atoms in total. The number of hydrogen-bond donors (Lipinski definition) is 2. The van der Waals surface area contributed by atoms with Crippen LogP contribution in [0, 0.1) is 5.41 Å². The smallest absolute Gasteiger partial charge is 0.126 e. The Balaban J connectivity index is 1.77. The van der Waals surface area contributed by atoms with Crippen molar-refractivity contribution in [1.82, 2.24) is 5.32 Å². The lowest BCUT2D eigenvalue weighted by Gasteiger charge is -2.19. The van der Waals surface area contributed by atoms with Gasteiger partial charge in [-0.3, -0.25) is 0 Å². The quantitative estimate of drug-likeness (QED) is 0.858. The van der Waals surface area contributed by atoms with Gasteiger partial charge in [-0.2, -0.15) is 0 Å². The van der Waals surface area contributed by atoms with Crippen LogP contribution in [0.2, 0.25) is 4.34 Å². The molecule has 0 spiro atoms. The summed E-state index contributed by atoms with van der Waals surface area (Å²) in [6.07, 6.45) is 3.86. The molecule has 102 valence electrons. The van der Waals surface area contributed by atoms with Crippen LogP contribution in [0.3, 0.4) is 0 Å². The van der Waals surface area contributed by atoms with E-state index in [1.807, 2.05) is 24.3 Å². The third kappa shape index (κ3) is 2.87. The van der Waals surface area contributed by atoms with Crippen LogP contribution in [-0.2, 0) is 0 Å². The van der Waals surface area contributed by atoms with Gasteiger partial charge in [-0.15, -0.1) is 11.3 Å². The van der Waals surface area contributed by atoms with E-state index < -0.39 is 0 Å². The average Bonchev–Trinajstić information content (AvgIpc) is 2.80. The van der Waals surface area contributed by atoms with Crippen LogP contribution in [0.25, 0.3) is 0 Å². The summed E-state index contributed by atoms with van der Waals surface area (Å²) in [6.45, 7) is 1.04. The minimum absolute atomic E-state index is 0.0107. The normalized spacial score (nSPS) is 18.4. The van der Waals surface area contributed by atoms with Crippen molar-refractivity contribution in [3.05, 3.63) is 45.5 Å². The zero-order chi connectivity index (χ0) is 13.3. The van der Waals surface area contributed by atoms with Crippen molar-refractivity contribution in [2.45, 2.75) is 18.9 Å². The van der Waals surface area contributed by atoms with Crippen molar-refractivity contribution in [2.24, 2.45) is 5.41 Å². The molecular weight excluding hydrogens is 282 g/mol. The molecule has 1 saturated carbocycles. The number of thiophene rings is 1. The van der Waals surface area contributed by atoms with Gasteiger partial charge >= 0.3 is 0 Å². The lowest BCUT2D eigenvalue weighted by atomic mass is 10.1. The van der Waals surface area contributed by atoms with Gasteiger partial charge < -0.3 is 14.8 Å². The molecule has 1 aliphatic carbocycles. The van der Waals surface area contributed by atoms with E-state index in [1.54, 1.807) is 17.6 Å². The molecule has 0 amide bonds. The van der Waals surface area contributed by atoms with E-state index in [0.717, 1.165) is 34.4 Å². The Morgan fingerprint density at radius 2 is 2.26 bits per heavy atom. The molecule has 0 radical (unpaired) electrons. The number of rotatable bonds is 6. The highest BCUT2D eigenvalue weighted by molar-refractivity contribution is 7.16. The minimum Gasteiger partial charge on any atom is -0.467 e. The Morgan fingerprint density at radius 1 is 1.42 bits per heavy atom. The fourth-order valence-corrected chi connectivity index (χ4v) is 3.31. The first-order valence-corrected chi connectivity index (χ1v) is 7.55. The zero-order valence-corrected chi connectivity index (χ0v) is 12.0. The molecule has 2 aromatic rings. The summed E-state index contributed by atoms with van der Waals surface area (Å²) in [4.78, 5) is 1.13. The molecule has 1 aliphatic rings. The number of hydrogen-bond acceptors (Lipinski definition) is 4. The van der Waals surface area contributed by atoms with Gasteiger partial charge in [0.15, 0.2) is 0 Å². The maximum Gasteiger partial charge on any atom is 0.126 e. The topological polar surface area (TPSA) is 45.4 Å². The molecule has 0 saturated heterocycles. The maximum absolute atomic E-state index is 9.39. The van der Waals surface area contributed by atoms with Crippen LogP contribution < -0.4 is 5.32 Å². The van der Waals surface area contributed by atoms with Crippen LogP contribution in [0.5, 0.6) is 0 Å². The number of halogens is 1. The predicted octanol–water partition coefficient (Wildman–Crippen LogP) is 3.45. The van der Waals surface area contributed by atoms with Crippen molar-refractivity contribution in [3.8, 4) is 0 Å².